The van der Waals surface area contributed by atoms with Crippen molar-refractivity contribution in [2.45, 2.75) is 13.8 Å². The maximum absolute atomic E-state index is 11.5. The minimum atomic E-state index is -0.563. The van der Waals surface area contributed by atoms with Crippen molar-refractivity contribution < 1.29 is 23.9 Å². The van der Waals surface area contributed by atoms with Gasteiger partial charge in [-0.3, -0.25) is 14.4 Å². The summed E-state index contributed by atoms with van der Waals surface area (Å²) in [7, 11) is 0. The number of ether oxygens (including phenoxy) is 2. The third-order valence-corrected chi connectivity index (χ3v) is 2.40. The molecular formula is C12H11BrO5. The molecule has 0 spiro atoms. The Morgan fingerprint density at radius 3 is 2.11 bits per heavy atom. The molecule has 0 saturated heterocycles. The molecule has 0 aliphatic rings. The summed E-state index contributed by atoms with van der Waals surface area (Å²) in [6, 6.07) is 4.27. The molecule has 1 aromatic rings. The highest BCUT2D eigenvalue weighted by Crippen LogP contribution is 2.29. The fourth-order valence-corrected chi connectivity index (χ4v) is 1.56. The highest BCUT2D eigenvalue weighted by Gasteiger charge is 2.13. The van der Waals surface area contributed by atoms with Crippen molar-refractivity contribution in [3.63, 3.8) is 0 Å². The smallest absolute Gasteiger partial charge is 0.308 e. The number of esters is 2. The fraction of sp³-hybridized carbons (Fsp3) is 0.250. The number of hydrogen-bond acceptors (Lipinski definition) is 5. The first kappa shape index (κ1) is 14.4. The zero-order chi connectivity index (χ0) is 13.7. The van der Waals surface area contributed by atoms with E-state index in [9.17, 15) is 14.4 Å². The van der Waals surface area contributed by atoms with E-state index in [2.05, 4.69) is 15.9 Å². The Morgan fingerprint density at radius 1 is 1.06 bits per heavy atom. The summed E-state index contributed by atoms with van der Waals surface area (Å²) in [5.74, 6) is -1.12. The van der Waals surface area contributed by atoms with Crippen LogP contribution in [-0.4, -0.2) is 23.1 Å². The molecule has 1 rings (SSSR count). The van der Waals surface area contributed by atoms with Crippen molar-refractivity contribution in [1.29, 1.82) is 0 Å². The van der Waals surface area contributed by atoms with Crippen LogP contribution in [0.4, 0.5) is 0 Å². The molecule has 0 aliphatic heterocycles. The summed E-state index contributed by atoms with van der Waals surface area (Å²) >= 11 is 3.04. The molecule has 0 unspecified atom stereocenters. The summed E-state index contributed by atoms with van der Waals surface area (Å²) in [6.07, 6.45) is 0. The van der Waals surface area contributed by atoms with Crippen LogP contribution >= 0.6 is 15.9 Å². The second-order valence-electron chi connectivity index (χ2n) is 3.41. The molecule has 0 fully saturated rings. The maximum atomic E-state index is 11.5. The van der Waals surface area contributed by atoms with Gasteiger partial charge in [0.25, 0.3) is 0 Å². The topological polar surface area (TPSA) is 69.7 Å². The van der Waals surface area contributed by atoms with Crippen molar-refractivity contribution in [2.75, 3.05) is 5.33 Å². The summed E-state index contributed by atoms with van der Waals surface area (Å²) < 4.78 is 9.77. The molecule has 0 radical (unpaired) electrons. The van der Waals surface area contributed by atoms with Crippen LogP contribution in [0.1, 0.15) is 24.2 Å². The highest BCUT2D eigenvalue weighted by molar-refractivity contribution is 9.09. The van der Waals surface area contributed by atoms with Gasteiger partial charge in [-0.2, -0.15) is 0 Å². The molecule has 0 aliphatic carbocycles. The maximum Gasteiger partial charge on any atom is 0.308 e. The first-order chi connectivity index (χ1) is 8.43. The molecule has 0 bridgehead atoms. The molecule has 0 atom stereocenters. The molecule has 0 heterocycles. The molecule has 0 amide bonds. The lowest BCUT2D eigenvalue weighted by Gasteiger charge is -2.09. The second kappa shape index (κ2) is 6.30. The van der Waals surface area contributed by atoms with Gasteiger partial charge >= 0.3 is 11.9 Å². The molecule has 96 valence electrons. The Balaban J connectivity index is 3.15. The summed E-state index contributed by atoms with van der Waals surface area (Å²) in [4.78, 5) is 33.3. The number of alkyl halides is 1. The van der Waals surface area contributed by atoms with Crippen LogP contribution in [-0.2, 0) is 9.59 Å². The number of carbonyl (C=O) groups is 3. The van der Waals surface area contributed by atoms with Crippen molar-refractivity contribution >= 4 is 33.7 Å². The molecule has 0 aromatic heterocycles. The second-order valence-corrected chi connectivity index (χ2v) is 3.97. The monoisotopic (exact) mass is 314 g/mol. The number of Topliss-reactive ketones (excluding diaryl/α,β-unsaturated/α-hetero) is 1. The molecule has 5 nitrogen and oxygen atoms in total. The van der Waals surface area contributed by atoms with Gasteiger partial charge in [0.2, 0.25) is 0 Å². The predicted octanol–water partition coefficient (Wildman–Crippen LogP) is 2.11. The van der Waals surface area contributed by atoms with Crippen molar-refractivity contribution in [2.24, 2.45) is 0 Å². The van der Waals surface area contributed by atoms with Gasteiger partial charge in [-0.15, -0.1) is 0 Å². The van der Waals surface area contributed by atoms with E-state index < -0.39 is 11.9 Å². The number of benzene rings is 1. The van der Waals surface area contributed by atoms with Gasteiger partial charge in [0.05, 0.1) is 5.33 Å². The summed E-state index contributed by atoms with van der Waals surface area (Å²) in [5.41, 5.74) is 0.360. The first-order valence-corrected chi connectivity index (χ1v) is 6.16. The number of halogens is 1. The van der Waals surface area contributed by atoms with E-state index in [0.29, 0.717) is 5.56 Å². The zero-order valence-corrected chi connectivity index (χ0v) is 11.4. The van der Waals surface area contributed by atoms with Gasteiger partial charge in [0, 0.05) is 19.4 Å². The average Bonchev–Trinajstić information content (AvgIpc) is 2.29. The van der Waals surface area contributed by atoms with Crippen LogP contribution in [0.5, 0.6) is 11.5 Å². The van der Waals surface area contributed by atoms with Crippen LogP contribution < -0.4 is 9.47 Å². The Hall–Kier alpha value is -1.69. The van der Waals surface area contributed by atoms with Gasteiger partial charge in [0.15, 0.2) is 17.3 Å². The van der Waals surface area contributed by atoms with E-state index in [4.69, 9.17) is 9.47 Å². The Labute approximate surface area is 112 Å². The zero-order valence-electron chi connectivity index (χ0n) is 9.86. The van der Waals surface area contributed by atoms with E-state index in [1.54, 1.807) is 0 Å². The Kier molecular flexibility index (Phi) is 5.03. The van der Waals surface area contributed by atoms with Crippen molar-refractivity contribution in [3.05, 3.63) is 23.8 Å². The van der Waals surface area contributed by atoms with Gasteiger partial charge in [-0.05, 0) is 18.2 Å². The largest absolute Gasteiger partial charge is 0.423 e. The number of hydrogen-bond donors (Lipinski definition) is 0. The lowest BCUT2D eigenvalue weighted by Crippen LogP contribution is -2.09. The standard InChI is InChI=1S/C12H11BrO5/c1-7(14)17-11-4-3-9(10(16)6-13)5-12(11)18-8(2)15/h3-5H,6H2,1-2H3. The molecule has 1 aromatic carbocycles. The summed E-state index contributed by atoms with van der Waals surface area (Å²) in [6.45, 7) is 2.45. The molecule has 6 heteroatoms. The Morgan fingerprint density at radius 2 is 1.61 bits per heavy atom. The van der Waals surface area contributed by atoms with Crippen LogP contribution in [0.25, 0.3) is 0 Å². The third kappa shape index (κ3) is 3.96. The van der Waals surface area contributed by atoms with Crippen LogP contribution in [0.3, 0.4) is 0 Å². The average molecular weight is 315 g/mol. The minimum Gasteiger partial charge on any atom is -0.423 e. The van der Waals surface area contributed by atoms with Gasteiger partial charge < -0.3 is 9.47 Å². The number of ketones is 1. The van der Waals surface area contributed by atoms with Crippen molar-refractivity contribution in [1.82, 2.24) is 0 Å². The van der Waals surface area contributed by atoms with Crippen molar-refractivity contribution in [3.8, 4) is 11.5 Å². The van der Waals surface area contributed by atoms with E-state index in [1.165, 1.54) is 32.0 Å². The molecule has 0 saturated carbocycles. The fourth-order valence-electron chi connectivity index (χ4n) is 1.23. The lowest BCUT2D eigenvalue weighted by atomic mass is 10.1. The van der Waals surface area contributed by atoms with E-state index >= 15 is 0 Å². The van der Waals surface area contributed by atoms with E-state index in [-0.39, 0.29) is 22.6 Å². The van der Waals surface area contributed by atoms with Crippen LogP contribution in [0.15, 0.2) is 18.2 Å². The third-order valence-electron chi connectivity index (χ3n) is 1.89. The number of carbonyl (C=O) groups excluding carboxylic acids is 3. The predicted molar refractivity (Wildman–Crippen MR) is 67.2 cm³/mol. The lowest BCUT2D eigenvalue weighted by molar-refractivity contribution is -0.134. The number of rotatable bonds is 4. The van der Waals surface area contributed by atoms with Crippen LogP contribution in [0, 0.1) is 0 Å². The molecular weight excluding hydrogens is 304 g/mol. The summed E-state index contributed by atoms with van der Waals surface area (Å²) in [5, 5.41) is 0.152. The molecule has 18 heavy (non-hydrogen) atoms. The van der Waals surface area contributed by atoms with E-state index in [0.717, 1.165) is 0 Å². The normalized spacial score (nSPS) is 9.72. The van der Waals surface area contributed by atoms with Gasteiger partial charge in [0.1, 0.15) is 0 Å². The van der Waals surface area contributed by atoms with Gasteiger partial charge in [-0.25, -0.2) is 0 Å². The quantitative estimate of drug-likeness (QED) is 0.368. The SMILES string of the molecule is CC(=O)Oc1ccc(C(=O)CBr)cc1OC(C)=O. The molecule has 0 N–H and O–H groups in total. The highest BCUT2D eigenvalue weighted by atomic mass is 79.9. The van der Waals surface area contributed by atoms with Gasteiger partial charge in [-0.1, -0.05) is 15.9 Å². The first-order valence-electron chi connectivity index (χ1n) is 5.04. The van der Waals surface area contributed by atoms with Crippen LogP contribution in [0.2, 0.25) is 0 Å². The minimum absolute atomic E-state index is 0.0458. The van der Waals surface area contributed by atoms with E-state index in [1.807, 2.05) is 0 Å². The Bertz CT molecular complexity index is 495.